The molecule has 0 saturated heterocycles. The highest BCUT2D eigenvalue weighted by molar-refractivity contribution is 5.57. The van der Waals surface area contributed by atoms with Crippen LogP contribution in [0.5, 0.6) is 0 Å². The van der Waals surface area contributed by atoms with E-state index in [1.807, 2.05) is 13.0 Å². The number of fused-ring (bicyclic) bond motifs is 1. The summed E-state index contributed by atoms with van der Waals surface area (Å²) in [5.41, 5.74) is 3.83. The smallest absolute Gasteiger partial charge is 0.232 e. The van der Waals surface area contributed by atoms with Crippen LogP contribution in [0.2, 0.25) is 0 Å². The molecule has 3 rings (SSSR count). The van der Waals surface area contributed by atoms with Crippen molar-refractivity contribution < 1.29 is 9.63 Å². The Morgan fingerprint density at radius 3 is 3.00 bits per heavy atom. The number of benzene rings is 1. The minimum absolute atomic E-state index is 0.0197. The van der Waals surface area contributed by atoms with Gasteiger partial charge in [-0.15, -0.1) is 0 Å². The molecule has 4 heteroatoms. The van der Waals surface area contributed by atoms with Crippen LogP contribution in [0, 0.1) is 0 Å². The molecule has 4 nitrogen and oxygen atoms in total. The Bertz CT molecular complexity index is 563. The van der Waals surface area contributed by atoms with Crippen LogP contribution in [0.3, 0.4) is 0 Å². The number of rotatable bonds is 3. The summed E-state index contributed by atoms with van der Waals surface area (Å²) >= 11 is 0. The lowest BCUT2D eigenvalue weighted by atomic mass is 10.1. The van der Waals surface area contributed by atoms with E-state index in [0.717, 1.165) is 12.0 Å². The van der Waals surface area contributed by atoms with Gasteiger partial charge in [0.25, 0.3) is 0 Å². The molecule has 2 aromatic rings. The topological polar surface area (TPSA) is 59.2 Å². The fraction of sp³-hybridized carbons (Fsp3) is 0.429. The zero-order chi connectivity index (χ0) is 12.5. The van der Waals surface area contributed by atoms with Gasteiger partial charge in [0.15, 0.2) is 0 Å². The third kappa shape index (κ3) is 1.93. The van der Waals surface area contributed by atoms with Crippen LogP contribution in [0.25, 0.3) is 11.4 Å². The van der Waals surface area contributed by atoms with Crippen LogP contribution in [0.15, 0.2) is 22.7 Å². The third-order valence-electron chi connectivity index (χ3n) is 3.49. The molecule has 0 unspecified atom stereocenters. The summed E-state index contributed by atoms with van der Waals surface area (Å²) in [6.45, 7) is 1.88. The standard InChI is InChI=1S/C14H16N2O2/c1-9(8-17)14-15-13(16-18-14)12-6-5-10-3-2-4-11(10)7-12/h5-7,9,17H,2-4,8H2,1H3/t9-/m0/s1. The van der Waals surface area contributed by atoms with Crippen molar-refractivity contribution >= 4 is 0 Å². The van der Waals surface area contributed by atoms with Crippen molar-refractivity contribution in [3.8, 4) is 11.4 Å². The summed E-state index contributed by atoms with van der Waals surface area (Å²) < 4.78 is 5.17. The Morgan fingerprint density at radius 2 is 2.17 bits per heavy atom. The lowest BCUT2D eigenvalue weighted by Gasteiger charge is -2.01. The second-order valence-corrected chi connectivity index (χ2v) is 4.88. The zero-order valence-corrected chi connectivity index (χ0v) is 10.4. The van der Waals surface area contributed by atoms with Crippen molar-refractivity contribution in [1.82, 2.24) is 10.1 Å². The van der Waals surface area contributed by atoms with E-state index in [0.29, 0.717) is 11.7 Å². The second-order valence-electron chi connectivity index (χ2n) is 4.88. The molecular weight excluding hydrogens is 228 g/mol. The van der Waals surface area contributed by atoms with E-state index < -0.39 is 0 Å². The van der Waals surface area contributed by atoms with Gasteiger partial charge in [-0.2, -0.15) is 4.98 Å². The molecule has 0 aliphatic heterocycles. The number of aromatic nitrogens is 2. The first-order valence-electron chi connectivity index (χ1n) is 6.34. The highest BCUT2D eigenvalue weighted by atomic mass is 16.5. The summed E-state index contributed by atoms with van der Waals surface area (Å²) in [5, 5.41) is 13.1. The average Bonchev–Trinajstić information content (AvgIpc) is 3.05. The first-order chi connectivity index (χ1) is 8.78. The molecule has 1 aromatic carbocycles. The van der Waals surface area contributed by atoms with E-state index in [1.54, 1.807) is 0 Å². The molecule has 0 fully saturated rings. The summed E-state index contributed by atoms with van der Waals surface area (Å²) in [4.78, 5) is 4.34. The Kier molecular flexibility index (Phi) is 2.88. The fourth-order valence-electron chi connectivity index (χ4n) is 2.34. The minimum atomic E-state index is -0.110. The molecule has 0 radical (unpaired) electrons. The van der Waals surface area contributed by atoms with Crippen LogP contribution in [0.1, 0.15) is 36.3 Å². The molecule has 1 atom stereocenters. The van der Waals surface area contributed by atoms with Gasteiger partial charge < -0.3 is 9.63 Å². The number of hydrogen-bond donors (Lipinski definition) is 1. The highest BCUT2D eigenvalue weighted by Gasteiger charge is 2.16. The fourth-order valence-corrected chi connectivity index (χ4v) is 2.34. The summed E-state index contributed by atoms with van der Waals surface area (Å²) in [6, 6.07) is 6.35. The number of aryl methyl sites for hydroxylation is 2. The molecule has 94 valence electrons. The Hall–Kier alpha value is -1.68. The zero-order valence-electron chi connectivity index (χ0n) is 10.4. The quantitative estimate of drug-likeness (QED) is 0.900. The Balaban J connectivity index is 1.92. The minimum Gasteiger partial charge on any atom is -0.396 e. The van der Waals surface area contributed by atoms with E-state index in [4.69, 9.17) is 9.63 Å². The third-order valence-corrected chi connectivity index (χ3v) is 3.49. The number of aliphatic hydroxyl groups excluding tert-OH is 1. The van der Waals surface area contributed by atoms with Gasteiger partial charge in [0, 0.05) is 5.56 Å². The lowest BCUT2D eigenvalue weighted by Crippen LogP contribution is -1.98. The summed E-state index contributed by atoms with van der Waals surface area (Å²) in [6.07, 6.45) is 3.55. The van der Waals surface area contributed by atoms with E-state index in [9.17, 15) is 0 Å². The average molecular weight is 244 g/mol. The lowest BCUT2D eigenvalue weighted by molar-refractivity contribution is 0.242. The first kappa shape index (κ1) is 11.4. The summed E-state index contributed by atoms with van der Waals surface area (Å²) in [5.74, 6) is 0.994. The molecule has 1 aliphatic carbocycles. The van der Waals surface area contributed by atoms with E-state index >= 15 is 0 Å². The summed E-state index contributed by atoms with van der Waals surface area (Å²) in [7, 11) is 0. The molecular formula is C14H16N2O2. The number of aliphatic hydroxyl groups is 1. The van der Waals surface area contributed by atoms with Crippen molar-refractivity contribution in [3.63, 3.8) is 0 Å². The number of hydrogen-bond acceptors (Lipinski definition) is 4. The van der Waals surface area contributed by atoms with Gasteiger partial charge in [-0.3, -0.25) is 0 Å². The predicted octanol–water partition coefficient (Wildman–Crippen LogP) is 2.32. The van der Waals surface area contributed by atoms with E-state index in [2.05, 4.69) is 22.3 Å². The number of nitrogens with zero attached hydrogens (tertiary/aromatic N) is 2. The van der Waals surface area contributed by atoms with Crippen LogP contribution < -0.4 is 0 Å². The van der Waals surface area contributed by atoms with Crippen molar-refractivity contribution in [2.45, 2.75) is 32.1 Å². The van der Waals surface area contributed by atoms with E-state index in [-0.39, 0.29) is 12.5 Å². The Morgan fingerprint density at radius 1 is 1.33 bits per heavy atom. The molecule has 1 N–H and O–H groups in total. The highest BCUT2D eigenvalue weighted by Crippen LogP contribution is 2.27. The van der Waals surface area contributed by atoms with Crippen molar-refractivity contribution in [3.05, 3.63) is 35.2 Å². The van der Waals surface area contributed by atoms with Crippen LogP contribution in [0.4, 0.5) is 0 Å². The molecule has 0 amide bonds. The maximum Gasteiger partial charge on any atom is 0.232 e. The Labute approximate surface area is 106 Å². The van der Waals surface area contributed by atoms with Gasteiger partial charge in [0.2, 0.25) is 11.7 Å². The van der Waals surface area contributed by atoms with Crippen molar-refractivity contribution in [2.24, 2.45) is 0 Å². The molecule has 1 aromatic heterocycles. The molecule has 0 bridgehead atoms. The van der Waals surface area contributed by atoms with E-state index in [1.165, 1.54) is 24.0 Å². The van der Waals surface area contributed by atoms with Crippen molar-refractivity contribution in [1.29, 1.82) is 0 Å². The van der Waals surface area contributed by atoms with Crippen LogP contribution >= 0.6 is 0 Å². The van der Waals surface area contributed by atoms with Gasteiger partial charge >= 0.3 is 0 Å². The van der Waals surface area contributed by atoms with Gasteiger partial charge in [0.1, 0.15) is 0 Å². The molecule has 18 heavy (non-hydrogen) atoms. The van der Waals surface area contributed by atoms with Crippen LogP contribution in [-0.4, -0.2) is 21.9 Å². The first-order valence-corrected chi connectivity index (χ1v) is 6.34. The van der Waals surface area contributed by atoms with Gasteiger partial charge in [0.05, 0.1) is 12.5 Å². The van der Waals surface area contributed by atoms with Gasteiger partial charge in [-0.1, -0.05) is 24.2 Å². The maximum absolute atomic E-state index is 9.07. The van der Waals surface area contributed by atoms with Gasteiger partial charge in [-0.25, -0.2) is 0 Å². The monoisotopic (exact) mass is 244 g/mol. The van der Waals surface area contributed by atoms with Gasteiger partial charge in [-0.05, 0) is 36.5 Å². The molecule has 1 heterocycles. The maximum atomic E-state index is 9.07. The van der Waals surface area contributed by atoms with Crippen LogP contribution in [-0.2, 0) is 12.8 Å². The van der Waals surface area contributed by atoms with Crippen molar-refractivity contribution in [2.75, 3.05) is 6.61 Å². The second kappa shape index (κ2) is 4.53. The molecule has 0 saturated carbocycles. The SMILES string of the molecule is C[C@@H](CO)c1nc(-c2ccc3c(c2)CCC3)no1. The molecule has 1 aliphatic rings. The largest absolute Gasteiger partial charge is 0.396 e. The normalized spacial score (nSPS) is 15.7. The molecule has 0 spiro atoms. The predicted molar refractivity (Wildman–Crippen MR) is 67.3 cm³/mol.